The molecule has 0 fully saturated rings. The van der Waals surface area contributed by atoms with E-state index in [1.54, 1.807) is 13.8 Å². The minimum absolute atomic E-state index is 0.0382. The third-order valence-electron chi connectivity index (χ3n) is 3.28. The molecule has 0 saturated carbocycles. The summed E-state index contributed by atoms with van der Waals surface area (Å²) in [5, 5.41) is -0.163. The van der Waals surface area contributed by atoms with Crippen molar-refractivity contribution in [3.05, 3.63) is 64.9 Å². The Bertz CT molecular complexity index is 830. The molecular formula is C19H16ClF3O4. The number of rotatable bonds is 6. The maximum Gasteiger partial charge on any atom is 0.416 e. The third-order valence-corrected chi connectivity index (χ3v) is 3.57. The van der Waals surface area contributed by atoms with Crippen molar-refractivity contribution in [3.8, 4) is 17.2 Å². The molecule has 27 heavy (non-hydrogen) atoms. The SMILES string of the molecule is C/C=C(\Oc1ccc(Oc2ccc(C(F)(F)F)cc2Cl)cc1)C(=O)OCC. The lowest BCUT2D eigenvalue weighted by Gasteiger charge is -2.12. The molecule has 0 N–H and O–H groups in total. The van der Waals surface area contributed by atoms with Gasteiger partial charge in [0.25, 0.3) is 0 Å². The van der Waals surface area contributed by atoms with E-state index in [2.05, 4.69) is 0 Å². The minimum Gasteiger partial charge on any atom is -0.460 e. The van der Waals surface area contributed by atoms with Gasteiger partial charge in [0.05, 0.1) is 17.2 Å². The first-order valence-corrected chi connectivity index (χ1v) is 8.28. The Morgan fingerprint density at radius 2 is 1.74 bits per heavy atom. The minimum atomic E-state index is -4.48. The van der Waals surface area contributed by atoms with Crippen molar-refractivity contribution in [2.75, 3.05) is 6.61 Å². The number of carbonyl (C=O) groups excluding carboxylic acids is 1. The lowest BCUT2D eigenvalue weighted by atomic mass is 10.2. The topological polar surface area (TPSA) is 44.8 Å². The zero-order chi connectivity index (χ0) is 20.0. The van der Waals surface area contributed by atoms with Crippen LogP contribution in [0.15, 0.2) is 54.3 Å². The monoisotopic (exact) mass is 400 g/mol. The summed E-state index contributed by atoms with van der Waals surface area (Å²) in [6.45, 7) is 3.54. The van der Waals surface area contributed by atoms with Crippen molar-refractivity contribution in [3.63, 3.8) is 0 Å². The molecule has 4 nitrogen and oxygen atoms in total. The predicted octanol–water partition coefficient (Wildman–Crippen LogP) is 6.00. The highest BCUT2D eigenvalue weighted by molar-refractivity contribution is 6.32. The standard InChI is InChI=1S/C19H16ClF3O4/c1-3-16(18(24)25-4-2)26-13-6-8-14(9-7-13)27-17-10-5-12(11-15(17)20)19(21,22)23/h3,5-11H,4H2,1-2H3/b16-3-. The van der Waals surface area contributed by atoms with Gasteiger partial charge >= 0.3 is 12.1 Å². The van der Waals surface area contributed by atoms with Gasteiger partial charge in [-0.3, -0.25) is 0 Å². The number of hydrogen-bond donors (Lipinski definition) is 0. The van der Waals surface area contributed by atoms with Crippen molar-refractivity contribution in [1.82, 2.24) is 0 Å². The molecule has 8 heteroatoms. The Morgan fingerprint density at radius 3 is 2.26 bits per heavy atom. The van der Waals surface area contributed by atoms with Crippen molar-refractivity contribution >= 4 is 17.6 Å². The summed E-state index contributed by atoms with van der Waals surface area (Å²) in [5.74, 6) is 0.233. The van der Waals surface area contributed by atoms with Gasteiger partial charge in [0.15, 0.2) is 0 Å². The van der Waals surface area contributed by atoms with E-state index in [4.69, 9.17) is 25.8 Å². The highest BCUT2D eigenvalue weighted by Crippen LogP contribution is 2.36. The van der Waals surface area contributed by atoms with E-state index in [-0.39, 0.29) is 23.1 Å². The Balaban J connectivity index is 2.09. The van der Waals surface area contributed by atoms with Crippen LogP contribution in [0.2, 0.25) is 5.02 Å². The van der Waals surface area contributed by atoms with Gasteiger partial charge in [-0.25, -0.2) is 4.79 Å². The van der Waals surface area contributed by atoms with E-state index in [0.29, 0.717) is 11.5 Å². The van der Waals surface area contributed by atoms with Gasteiger partial charge in [-0.05, 0) is 62.4 Å². The summed E-state index contributed by atoms with van der Waals surface area (Å²) >= 11 is 5.86. The van der Waals surface area contributed by atoms with Crippen molar-refractivity contribution in [1.29, 1.82) is 0 Å². The lowest BCUT2D eigenvalue weighted by molar-refractivity contribution is -0.141. The number of carbonyl (C=O) groups is 1. The quantitative estimate of drug-likeness (QED) is 0.339. The molecule has 2 rings (SSSR count). The van der Waals surface area contributed by atoms with Crippen LogP contribution in [0.5, 0.6) is 17.2 Å². The van der Waals surface area contributed by atoms with Gasteiger partial charge in [-0.2, -0.15) is 13.2 Å². The van der Waals surface area contributed by atoms with Crippen LogP contribution in [-0.4, -0.2) is 12.6 Å². The molecule has 0 aliphatic heterocycles. The summed E-state index contributed by atoms with van der Waals surface area (Å²) in [5.41, 5.74) is -0.860. The van der Waals surface area contributed by atoms with Gasteiger partial charge in [0, 0.05) is 0 Å². The first kappa shape index (κ1) is 20.6. The molecule has 0 saturated heterocycles. The van der Waals surface area contributed by atoms with Crippen LogP contribution in [0.1, 0.15) is 19.4 Å². The number of benzene rings is 2. The first-order valence-electron chi connectivity index (χ1n) is 7.90. The van der Waals surface area contributed by atoms with Gasteiger partial charge in [-0.1, -0.05) is 11.6 Å². The summed E-state index contributed by atoms with van der Waals surface area (Å²) in [6.07, 6.45) is -3.00. The summed E-state index contributed by atoms with van der Waals surface area (Å²) in [6, 6.07) is 8.96. The highest BCUT2D eigenvalue weighted by Gasteiger charge is 2.31. The molecule has 0 heterocycles. The molecule has 0 amide bonds. The number of allylic oxidation sites excluding steroid dienone is 1. The summed E-state index contributed by atoms with van der Waals surface area (Å²) < 4.78 is 53.8. The Hall–Kier alpha value is -2.67. The van der Waals surface area contributed by atoms with Gasteiger partial charge in [0.1, 0.15) is 17.2 Å². The van der Waals surface area contributed by atoms with E-state index >= 15 is 0 Å². The largest absolute Gasteiger partial charge is 0.460 e. The Morgan fingerprint density at radius 1 is 1.11 bits per heavy atom. The second-order valence-electron chi connectivity index (χ2n) is 5.19. The van der Waals surface area contributed by atoms with Crippen molar-refractivity contribution < 1.29 is 32.2 Å². The summed E-state index contributed by atoms with van der Waals surface area (Å²) in [4.78, 5) is 11.7. The molecule has 2 aromatic rings. The third kappa shape index (κ3) is 5.65. The number of ether oxygens (including phenoxy) is 3. The smallest absolute Gasteiger partial charge is 0.416 e. The molecule has 0 aliphatic carbocycles. The normalized spacial score (nSPS) is 11.9. The molecule has 0 atom stereocenters. The Labute approximate surface area is 159 Å². The second kappa shape index (κ2) is 8.81. The van der Waals surface area contributed by atoms with E-state index in [9.17, 15) is 18.0 Å². The molecule has 0 bridgehead atoms. The van der Waals surface area contributed by atoms with Gasteiger partial charge in [-0.15, -0.1) is 0 Å². The number of esters is 1. The molecule has 0 radical (unpaired) electrons. The van der Waals surface area contributed by atoms with E-state index in [1.165, 1.54) is 30.3 Å². The molecule has 0 aromatic heterocycles. The average Bonchev–Trinajstić information content (AvgIpc) is 2.62. The summed E-state index contributed by atoms with van der Waals surface area (Å²) in [7, 11) is 0. The fourth-order valence-corrected chi connectivity index (χ4v) is 2.23. The molecule has 2 aromatic carbocycles. The van der Waals surface area contributed by atoms with E-state index in [1.807, 2.05) is 0 Å². The van der Waals surface area contributed by atoms with Crippen LogP contribution >= 0.6 is 11.6 Å². The predicted molar refractivity (Wildman–Crippen MR) is 94.0 cm³/mol. The maximum absolute atomic E-state index is 12.7. The number of halogens is 4. The molecular weight excluding hydrogens is 385 g/mol. The van der Waals surface area contributed by atoms with E-state index in [0.717, 1.165) is 18.2 Å². The average molecular weight is 401 g/mol. The Kier molecular flexibility index (Phi) is 6.74. The fraction of sp³-hybridized carbons (Fsp3) is 0.211. The van der Waals surface area contributed by atoms with Crippen LogP contribution in [0, 0.1) is 0 Å². The molecule has 0 unspecified atom stereocenters. The van der Waals surface area contributed by atoms with Crippen LogP contribution in [0.3, 0.4) is 0 Å². The van der Waals surface area contributed by atoms with Crippen molar-refractivity contribution in [2.24, 2.45) is 0 Å². The van der Waals surface area contributed by atoms with Crippen molar-refractivity contribution in [2.45, 2.75) is 20.0 Å². The molecule has 0 aliphatic rings. The molecule has 0 spiro atoms. The number of hydrogen-bond acceptors (Lipinski definition) is 4. The van der Waals surface area contributed by atoms with Crippen LogP contribution < -0.4 is 9.47 Å². The van der Waals surface area contributed by atoms with Crippen LogP contribution in [0.25, 0.3) is 0 Å². The fourth-order valence-electron chi connectivity index (χ4n) is 2.01. The van der Waals surface area contributed by atoms with Crippen LogP contribution in [0.4, 0.5) is 13.2 Å². The highest BCUT2D eigenvalue weighted by atomic mass is 35.5. The molecule has 144 valence electrons. The van der Waals surface area contributed by atoms with Crippen LogP contribution in [-0.2, 0) is 15.7 Å². The van der Waals surface area contributed by atoms with E-state index < -0.39 is 17.7 Å². The zero-order valence-corrected chi connectivity index (χ0v) is 15.2. The zero-order valence-electron chi connectivity index (χ0n) is 14.5. The van der Waals surface area contributed by atoms with Gasteiger partial charge < -0.3 is 14.2 Å². The number of alkyl halides is 3. The lowest BCUT2D eigenvalue weighted by Crippen LogP contribution is -2.12. The maximum atomic E-state index is 12.7. The first-order chi connectivity index (χ1) is 12.7. The second-order valence-corrected chi connectivity index (χ2v) is 5.60. The van der Waals surface area contributed by atoms with Gasteiger partial charge in [0.2, 0.25) is 5.76 Å².